The molecular weight excluding hydrogens is 420 g/mol. The van der Waals surface area contributed by atoms with Gasteiger partial charge in [0.25, 0.3) is 5.91 Å². The van der Waals surface area contributed by atoms with Crippen molar-refractivity contribution in [2.24, 2.45) is 5.10 Å². The standard InChI is InChI=1S/C21H19BrN4O2/c1-14-19(16-8-10-18(28-2)11-9-16)24-25-20(14)21(27)26-23-13-17(22)12-15-6-4-3-5-7-15/h3-13H,1-2H3,(H,24,25)(H,26,27). The minimum absolute atomic E-state index is 0.360. The maximum absolute atomic E-state index is 12.4. The summed E-state index contributed by atoms with van der Waals surface area (Å²) in [7, 11) is 1.62. The van der Waals surface area contributed by atoms with Crippen LogP contribution in [0.25, 0.3) is 17.3 Å². The van der Waals surface area contributed by atoms with Gasteiger partial charge in [0.05, 0.1) is 19.0 Å². The molecule has 3 aromatic rings. The number of benzene rings is 2. The molecule has 7 heteroatoms. The van der Waals surface area contributed by atoms with Gasteiger partial charge in [-0.25, -0.2) is 5.43 Å². The normalized spacial score (nSPS) is 11.6. The van der Waals surface area contributed by atoms with Gasteiger partial charge in [0.2, 0.25) is 0 Å². The van der Waals surface area contributed by atoms with Crippen molar-refractivity contribution in [3.63, 3.8) is 0 Å². The van der Waals surface area contributed by atoms with Crippen molar-refractivity contribution < 1.29 is 9.53 Å². The van der Waals surface area contributed by atoms with Crippen molar-refractivity contribution in [3.05, 3.63) is 75.9 Å². The molecule has 6 nitrogen and oxygen atoms in total. The van der Waals surface area contributed by atoms with Gasteiger partial charge in [0.1, 0.15) is 11.4 Å². The first kappa shape index (κ1) is 19.6. The Morgan fingerprint density at radius 3 is 2.57 bits per heavy atom. The highest BCUT2D eigenvalue weighted by Gasteiger charge is 2.16. The van der Waals surface area contributed by atoms with Crippen molar-refractivity contribution in [2.45, 2.75) is 6.92 Å². The first-order valence-corrected chi connectivity index (χ1v) is 9.33. The molecule has 142 valence electrons. The lowest BCUT2D eigenvalue weighted by molar-refractivity contribution is 0.0949. The topological polar surface area (TPSA) is 79.4 Å². The van der Waals surface area contributed by atoms with Crippen LogP contribution in [-0.2, 0) is 0 Å². The third-order valence-corrected chi connectivity index (χ3v) is 4.49. The van der Waals surface area contributed by atoms with Crippen molar-refractivity contribution in [1.29, 1.82) is 0 Å². The van der Waals surface area contributed by atoms with Gasteiger partial charge in [-0.3, -0.25) is 9.89 Å². The second-order valence-corrected chi connectivity index (χ2v) is 6.86. The zero-order valence-electron chi connectivity index (χ0n) is 15.4. The highest BCUT2D eigenvalue weighted by molar-refractivity contribution is 9.12. The van der Waals surface area contributed by atoms with Gasteiger partial charge in [0, 0.05) is 15.6 Å². The molecule has 2 N–H and O–H groups in total. The second-order valence-electron chi connectivity index (χ2n) is 5.94. The number of hydrogen-bond donors (Lipinski definition) is 2. The largest absolute Gasteiger partial charge is 0.497 e. The van der Waals surface area contributed by atoms with E-state index in [0.717, 1.165) is 26.9 Å². The number of methoxy groups -OCH3 is 1. The number of carbonyl (C=O) groups excluding carboxylic acids is 1. The highest BCUT2D eigenvalue weighted by atomic mass is 79.9. The van der Waals surface area contributed by atoms with Crippen LogP contribution >= 0.6 is 15.9 Å². The monoisotopic (exact) mass is 438 g/mol. The summed E-state index contributed by atoms with van der Waals surface area (Å²) in [4.78, 5) is 12.4. The van der Waals surface area contributed by atoms with Crippen LogP contribution in [0.5, 0.6) is 5.75 Å². The Morgan fingerprint density at radius 1 is 1.18 bits per heavy atom. The third kappa shape index (κ3) is 4.75. The molecule has 1 aromatic heterocycles. The maximum Gasteiger partial charge on any atom is 0.289 e. The lowest BCUT2D eigenvalue weighted by Crippen LogP contribution is -2.19. The summed E-state index contributed by atoms with van der Waals surface area (Å²) in [5.41, 5.74) is 6.25. The summed E-state index contributed by atoms with van der Waals surface area (Å²) in [5, 5.41) is 11.0. The summed E-state index contributed by atoms with van der Waals surface area (Å²) in [6.07, 6.45) is 3.43. The number of hydrazone groups is 1. The third-order valence-electron chi connectivity index (χ3n) is 4.06. The first-order chi connectivity index (χ1) is 13.6. The van der Waals surface area contributed by atoms with E-state index in [1.807, 2.05) is 67.6 Å². The molecule has 28 heavy (non-hydrogen) atoms. The predicted octanol–water partition coefficient (Wildman–Crippen LogP) is 4.55. The van der Waals surface area contributed by atoms with Gasteiger partial charge >= 0.3 is 0 Å². The fraction of sp³-hybridized carbons (Fsp3) is 0.0952. The number of nitrogens with one attached hydrogen (secondary N) is 2. The Kier molecular flexibility index (Phi) is 6.39. The Labute approximate surface area is 171 Å². The number of amides is 1. The SMILES string of the molecule is COc1ccc(-c2n[nH]c(C(=O)NN=CC(Br)=Cc3ccccc3)c2C)cc1. The number of halogens is 1. The number of ether oxygens (including phenoxy) is 1. The summed E-state index contributed by atoms with van der Waals surface area (Å²) >= 11 is 3.41. The van der Waals surface area contributed by atoms with Crippen molar-refractivity contribution in [2.75, 3.05) is 7.11 Å². The Hall–Kier alpha value is -3.19. The molecule has 0 saturated heterocycles. The number of nitrogens with zero attached hydrogens (tertiary/aromatic N) is 2. The fourth-order valence-electron chi connectivity index (χ4n) is 2.60. The van der Waals surface area contributed by atoms with Crippen LogP contribution in [-0.4, -0.2) is 29.4 Å². The molecule has 1 heterocycles. The average molecular weight is 439 g/mol. The zero-order valence-corrected chi connectivity index (χ0v) is 17.0. The number of aromatic amines is 1. The molecule has 0 saturated carbocycles. The molecule has 0 bridgehead atoms. The lowest BCUT2D eigenvalue weighted by Gasteiger charge is -2.02. The van der Waals surface area contributed by atoms with Crippen LogP contribution in [0.1, 0.15) is 21.6 Å². The second kappa shape index (κ2) is 9.14. The molecule has 0 radical (unpaired) electrons. The van der Waals surface area contributed by atoms with Crippen LogP contribution in [0.15, 0.2) is 64.2 Å². The summed E-state index contributed by atoms with van der Waals surface area (Å²) in [6, 6.07) is 17.3. The van der Waals surface area contributed by atoms with E-state index in [1.54, 1.807) is 7.11 Å². The van der Waals surface area contributed by atoms with E-state index < -0.39 is 0 Å². The minimum Gasteiger partial charge on any atom is -0.497 e. The van der Waals surface area contributed by atoms with Gasteiger partial charge in [-0.1, -0.05) is 30.3 Å². The zero-order chi connectivity index (χ0) is 19.9. The number of carbonyl (C=O) groups is 1. The number of rotatable bonds is 6. The molecule has 0 aliphatic heterocycles. The molecule has 0 spiro atoms. The van der Waals surface area contributed by atoms with E-state index in [4.69, 9.17) is 4.74 Å². The Morgan fingerprint density at radius 2 is 1.89 bits per heavy atom. The van der Waals surface area contributed by atoms with E-state index in [2.05, 4.69) is 36.7 Å². The lowest BCUT2D eigenvalue weighted by atomic mass is 10.1. The molecule has 1 amide bonds. The van der Waals surface area contributed by atoms with Gasteiger partial charge < -0.3 is 4.74 Å². The van der Waals surface area contributed by atoms with Crippen LogP contribution in [0.4, 0.5) is 0 Å². The molecule has 0 fully saturated rings. The summed E-state index contributed by atoms with van der Waals surface area (Å²) in [6.45, 7) is 1.84. The quantitative estimate of drug-likeness (QED) is 0.437. The van der Waals surface area contributed by atoms with E-state index >= 15 is 0 Å². The number of H-pyrrole nitrogens is 1. The van der Waals surface area contributed by atoms with E-state index in [0.29, 0.717) is 11.4 Å². The number of allylic oxidation sites excluding steroid dienone is 1. The van der Waals surface area contributed by atoms with Crippen LogP contribution in [0, 0.1) is 6.92 Å². The van der Waals surface area contributed by atoms with Gasteiger partial charge in [-0.05, 0) is 58.8 Å². The van der Waals surface area contributed by atoms with E-state index in [9.17, 15) is 4.79 Å². The number of hydrogen-bond acceptors (Lipinski definition) is 4. The highest BCUT2D eigenvalue weighted by Crippen LogP contribution is 2.25. The molecule has 3 rings (SSSR count). The Balaban J connectivity index is 1.68. The molecule has 0 unspecified atom stereocenters. The molecule has 0 atom stereocenters. The van der Waals surface area contributed by atoms with Crippen molar-refractivity contribution >= 4 is 34.1 Å². The van der Waals surface area contributed by atoms with Gasteiger partial charge in [-0.2, -0.15) is 10.2 Å². The van der Waals surface area contributed by atoms with Gasteiger partial charge in [-0.15, -0.1) is 0 Å². The molecular formula is C21H19BrN4O2. The van der Waals surface area contributed by atoms with Crippen LogP contribution < -0.4 is 10.2 Å². The maximum atomic E-state index is 12.4. The average Bonchev–Trinajstić information content (AvgIpc) is 3.10. The van der Waals surface area contributed by atoms with Crippen LogP contribution in [0.3, 0.4) is 0 Å². The molecule has 2 aromatic carbocycles. The number of aromatic nitrogens is 2. The van der Waals surface area contributed by atoms with E-state index in [-0.39, 0.29) is 5.91 Å². The summed E-state index contributed by atoms with van der Waals surface area (Å²) in [5.74, 6) is 0.402. The summed E-state index contributed by atoms with van der Waals surface area (Å²) < 4.78 is 5.90. The van der Waals surface area contributed by atoms with E-state index in [1.165, 1.54) is 6.21 Å². The van der Waals surface area contributed by atoms with Crippen molar-refractivity contribution in [1.82, 2.24) is 15.6 Å². The minimum atomic E-state index is -0.360. The van der Waals surface area contributed by atoms with Crippen LogP contribution in [0.2, 0.25) is 0 Å². The first-order valence-electron chi connectivity index (χ1n) is 8.53. The molecule has 0 aliphatic rings. The smallest absolute Gasteiger partial charge is 0.289 e. The van der Waals surface area contributed by atoms with Crippen molar-refractivity contribution in [3.8, 4) is 17.0 Å². The fourth-order valence-corrected chi connectivity index (χ4v) is 2.97. The predicted molar refractivity (Wildman–Crippen MR) is 115 cm³/mol. The Bertz CT molecular complexity index is 1010. The molecule has 0 aliphatic carbocycles. The van der Waals surface area contributed by atoms with Gasteiger partial charge in [0.15, 0.2) is 0 Å².